The van der Waals surface area contributed by atoms with Crippen molar-refractivity contribution in [2.45, 2.75) is 84.8 Å². The van der Waals surface area contributed by atoms with Crippen LogP contribution in [-0.4, -0.2) is 62.9 Å². The van der Waals surface area contributed by atoms with E-state index in [1.807, 2.05) is 40.7 Å². The van der Waals surface area contributed by atoms with E-state index >= 15 is 0 Å². The number of carboxylic acids is 2. The van der Waals surface area contributed by atoms with Gasteiger partial charge in [0.1, 0.15) is 18.1 Å². The maximum absolute atomic E-state index is 13.2. The highest BCUT2D eigenvalue weighted by Gasteiger charge is 2.27. The molecule has 276 valence electrons. The Bertz CT molecular complexity index is 1570. The van der Waals surface area contributed by atoms with E-state index in [4.69, 9.17) is 0 Å². The normalized spacial score (nSPS) is 13.5. The molecule has 15 nitrogen and oxygen atoms in total. The van der Waals surface area contributed by atoms with Gasteiger partial charge in [-0.2, -0.15) is 0 Å². The fourth-order valence-electron chi connectivity index (χ4n) is 4.78. The summed E-state index contributed by atoms with van der Waals surface area (Å²) in [5.74, 6) is -4.04. The number of hydrogen-bond donors (Lipinski definition) is 7. The Hall–Kier alpha value is -5.73. The Morgan fingerprint density at radius 2 is 1.27 bits per heavy atom. The van der Waals surface area contributed by atoms with E-state index < -0.39 is 52.7 Å². The lowest BCUT2D eigenvalue weighted by Gasteiger charge is -2.22. The van der Waals surface area contributed by atoms with Crippen molar-refractivity contribution < 1.29 is 39.1 Å². The van der Waals surface area contributed by atoms with E-state index in [9.17, 15) is 44.3 Å². The summed E-state index contributed by atoms with van der Waals surface area (Å²) in [6.07, 6.45) is 3.68. The SMILES string of the molecule is CC(C)CC(NC(=O)Cc1ccc(N/C(=C/[N+](=O)[O-])Nc2ccccc2)cc1)C(=O)NC(C/C=C/CC(NC(=O)CC(C)(C)C)C(=O)O)C(=O)O. The van der Waals surface area contributed by atoms with Gasteiger partial charge in [-0.3, -0.25) is 24.5 Å². The molecule has 0 fully saturated rings. The van der Waals surface area contributed by atoms with Gasteiger partial charge in [0.05, 0.1) is 11.3 Å². The van der Waals surface area contributed by atoms with Crippen LogP contribution in [0.15, 0.2) is 78.8 Å². The predicted octanol–water partition coefficient (Wildman–Crippen LogP) is 4.27. The molecule has 0 saturated carbocycles. The van der Waals surface area contributed by atoms with E-state index in [1.54, 1.807) is 48.5 Å². The number of aliphatic carboxylic acids is 2. The molecule has 0 bridgehead atoms. The number of anilines is 2. The molecule has 0 radical (unpaired) electrons. The van der Waals surface area contributed by atoms with Gasteiger partial charge in [-0.1, -0.05) is 77.1 Å². The molecule has 2 aromatic rings. The van der Waals surface area contributed by atoms with Crippen molar-refractivity contribution in [2.75, 3.05) is 10.6 Å². The van der Waals surface area contributed by atoms with Gasteiger partial charge in [-0.05, 0) is 60.4 Å². The second-order valence-corrected chi connectivity index (χ2v) is 13.6. The fraction of sp³-hybridized carbons (Fsp3) is 0.417. The summed E-state index contributed by atoms with van der Waals surface area (Å²) in [6.45, 7) is 9.25. The molecule has 0 aliphatic carbocycles. The minimum absolute atomic E-state index is 0.0260. The summed E-state index contributed by atoms with van der Waals surface area (Å²) < 4.78 is 0. The van der Waals surface area contributed by atoms with Crippen molar-refractivity contribution in [3.8, 4) is 0 Å². The molecule has 2 aromatic carbocycles. The molecule has 0 aliphatic rings. The average molecular weight is 709 g/mol. The lowest BCUT2D eigenvalue weighted by atomic mass is 9.92. The minimum Gasteiger partial charge on any atom is -0.480 e. The van der Waals surface area contributed by atoms with Crippen LogP contribution in [0.4, 0.5) is 11.4 Å². The van der Waals surface area contributed by atoms with Gasteiger partial charge in [0, 0.05) is 17.8 Å². The predicted molar refractivity (Wildman–Crippen MR) is 192 cm³/mol. The van der Waals surface area contributed by atoms with Gasteiger partial charge < -0.3 is 36.8 Å². The van der Waals surface area contributed by atoms with E-state index in [0.717, 1.165) is 6.20 Å². The molecule has 0 aromatic heterocycles. The van der Waals surface area contributed by atoms with Crippen LogP contribution in [0.1, 0.15) is 65.9 Å². The number of amides is 3. The zero-order valence-electron chi connectivity index (χ0n) is 29.5. The van der Waals surface area contributed by atoms with Crippen molar-refractivity contribution in [3.63, 3.8) is 0 Å². The summed E-state index contributed by atoms with van der Waals surface area (Å²) in [6, 6.07) is 11.9. The Morgan fingerprint density at radius 1 is 0.765 bits per heavy atom. The molecule has 3 unspecified atom stereocenters. The Morgan fingerprint density at radius 3 is 1.76 bits per heavy atom. The number of carboxylic acid groups (broad SMARTS) is 2. The van der Waals surface area contributed by atoms with Crippen LogP contribution in [0, 0.1) is 21.4 Å². The Kier molecular flexibility index (Phi) is 16.3. The van der Waals surface area contributed by atoms with Crippen molar-refractivity contribution in [1.29, 1.82) is 0 Å². The molecule has 3 amide bonds. The van der Waals surface area contributed by atoms with Gasteiger partial charge in [0.25, 0.3) is 6.20 Å². The van der Waals surface area contributed by atoms with E-state index in [1.165, 1.54) is 12.2 Å². The summed E-state index contributed by atoms with van der Waals surface area (Å²) in [5, 5.41) is 43.9. The fourth-order valence-corrected chi connectivity index (χ4v) is 4.78. The van der Waals surface area contributed by atoms with Gasteiger partial charge >= 0.3 is 11.9 Å². The molecule has 0 heterocycles. The van der Waals surface area contributed by atoms with Crippen LogP contribution >= 0.6 is 0 Å². The minimum atomic E-state index is -1.36. The molecule has 15 heteroatoms. The molecule has 0 aliphatic heterocycles. The lowest BCUT2D eigenvalue weighted by Crippen LogP contribution is -2.52. The van der Waals surface area contributed by atoms with Crippen LogP contribution in [0.25, 0.3) is 0 Å². The number of carbonyl (C=O) groups is 5. The average Bonchev–Trinajstić information content (AvgIpc) is 3.01. The maximum Gasteiger partial charge on any atom is 0.326 e. The number of nitrogens with zero attached hydrogens (tertiary/aromatic N) is 1. The van der Waals surface area contributed by atoms with Gasteiger partial charge in [0.2, 0.25) is 17.7 Å². The maximum atomic E-state index is 13.2. The first-order chi connectivity index (χ1) is 23.9. The monoisotopic (exact) mass is 708 g/mol. The summed E-state index contributed by atoms with van der Waals surface area (Å²) in [4.78, 5) is 72.5. The second kappa shape index (κ2) is 20.1. The summed E-state index contributed by atoms with van der Waals surface area (Å²) >= 11 is 0. The van der Waals surface area contributed by atoms with Crippen LogP contribution in [-0.2, 0) is 30.4 Å². The molecule has 7 N–H and O–H groups in total. The molecule has 0 spiro atoms. The van der Waals surface area contributed by atoms with Crippen molar-refractivity contribution in [1.82, 2.24) is 16.0 Å². The van der Waals surface area contributed by atoms with Crippen LogP contribution in [0.5, 0.6) is 0 Å². The molecule has 3 atom stereocenters. The van der Waals surface area contributed by atoms with Crippen molar-refractivity contribution in [2.24, 2.45) is 11.3 Å². The van der Waals surface area contributed by atoms with Crippen LogP contribution in [0.3, 0.4) is 0 Å². The number of para-hydroxylation sites is 1. The van der Waals surface area contributed by atoms with Crippen molar-refractivity contribution in [3.05, 3.63) is 94.4 Å². The third-order valence-electron chi connectivity index (χ3n) is 7.09. The Balaban J connectivity index is 2.01. The topological polar surface area (TPSA) is 229 Å². The van der Waals surface area contributed by atoms with Crippen LogP contribution < -0.4 is 26.6 Å². The number of nitrogens with one attached hydrogen (secondary N) is 5. The lowest BCUT2D eigenvalue weighted by molar-refractivity contribution is -0.403. The first-order valence-corrected chi connectivity index (χ1v) is 16.4. The molecule has 51 heavy (non-hydrogen) atoms. The third-order valence-corrected chi connectivity index (χ3v) is 7.09. The number of nitro groups is 1. The zero-order valence-corrected chi connectivity index (χ0v) is 29.5. The summed E-state index contributed by atoms with van der Waals surface area (Å²) in [5.41, 5.74) is 1.42. The molecular formula is C36H48N6O9. The standard InChI is InChI=1S/C36H48N6O9/c1-23(2)19-29(33(45)41-28(35(48)49)14-10-9-13-27(34(46)47)39-32(44)21-36(3,4)5)40-31(43)20-24-15-17-26(18-16-24)38-30(22-42(50)51)37-25-11-7-6-8-12-25/h6-12,15-18,22-23,27-29,37-38H,13-14,19-21H2,1-5H3,(H,39,44)(H,40,43)(H,41,45)(H,46,47)(H,48,49)/b10-9+,30-22+. The van der Waals surface area contributed by atoms with Gasteiger partial charge in [-0.25, -0.2) is 9.59 Å². The van der Waals surface area contributed by atoms with E-state index in [-0.39, 0.29) is 49.3 Å². The quantitative estimate of drug-likeness (QED) is 0.0583. The first kappa shape index (κ1) is 41.4. The van der Waals surface area contributed by atoms with Crippen molar-refractivity contribution >= 4 is 41.0 Å². The molecule has 0 saturated heterocycles. The Labute approximate surface area is 297 Å². The van der Waals surface area contributed by atoms with E-state index in [2.05, 4.69) is 26.6 Å². The number of hydrogen-bond acceptors (Lipinski definition) is 9. The molecular weight excluding hydrogens is 660 g/mol. The molecule has 2 rings (SSSR count). The summed E-state index contributed by atoms with van der Waals surface area (Å²) in [7, 11) is 0. The highest BCUT2D eigenvalue weighted by Crippen LogP contribution is 2.18. The third kappa shape index (κ3) is 17.0. The largest absolute Gasteiger partial charge is 0.480 e. The number of carbonyl (C=O) groups excluding carboxylic acids is 3. The van der Waals surface area contributed by atoms with Crippen LogP contribution in [0.2, 0.25) is 0 Å². The second-order valence-electron chi connectivity index (χ2n) is 13.6. The number of benzene rings is 2. The highest BCUT2D eigenvalue weighted by molar-refractivity contribution is 5.91. The number of rotatable bonds is 20. The highest BCUT2D eigenvalue weighted by atomic mass is 16.6. The van der Waals surface area contributed by atoms with Gasteiger partial charge in [-0.15, -0.1) is 0 Å². The zero-order chi connectivity index (χ0) is 38.1. The first-order valence-electron chi connectivity index (χ1n) is 16.4. The van der Waals surface area contributed by atoms with E-state index in [0.29, 0.717) is 16.9 Å². The van der Waals surface area contributed by atoms with Gasteiger partial charge in [0.15, 0.2) is 5.82 Å². The smallest absolute Gasteiger partial charge is 0.326 e.